The van der Waals surface area contributed by atoms with Crippen LogP contribution in [0.25, 0.3) is 32.1 Å². The van der Waals surface area contributed by atoms with Crippen LogP contribution >= 0.6 is 11.3 Å². The number of hydrogen-bond acceptors (Lipinski definition) is 8. The summed E-state index contributed by atoms with van der Waals surface area (Å²) in [5.74, 6) is -0.00284. The smallest absolute Gasteiger partial charge is 0.319 e. The van der Waals surface area contributed by atoms with E-state index in [2.05, 4.69) is 17.5 Å². The van der Waals surface area contributed by atoms with E-state index in [0.29, 0.717) is 48.5 Å². The van der Waals surface area contributed by atoms with Gasteiger partial charge in [0.1, 0.15) is 18.2 Å². The van der Waals surface area contributed by atoms with E-state index in [9.17, 15) is 10.1 Å². The predicted molar refractivity (Wildman–Crippen MR) is 167 cm³/mol. The van der Waals surface area contributed by atoms with Crippen molar-refractivity contribution < 1.29 is 13.9 Å². The second kappa shape index (κ2) is 11.2. The van der Waals surface area contributed by atoms with Crippen molar-refractivity contribution in [3.8, 4) is 23.2 Å². The van der Waals surface area contributed by atoms with Gasteiger partial charge in [0.2, 0.25) is 5.91 Å². The lowest BCUT2D eigenvalue weighted by molar-refractivity contribution is -0.128. The van der Waals surface area contributed by atoms with Crippen LogP contribution in [0.4, 0.5) is 10.2 Å². The number of benzene rings is 2. The summed E-state index contributed by atoms with van der Waals surface area (Å²) in [6, 6.07) is 13.4. The molecule has 0 bridgehead atoms. The molecule has 3 aliphatic rings. The minimum atomic E-state index is -0.356. The number of fused-ring (bicyclic) bond motifs is 3. The van der Waals surface area contributed by atoms with Gasteiger partial charge in [-0.2, -0.15) is 15.2 Å². The Morgan fingerprint density at radius 1 is 1.14 bits per heavy atom. The van der Waals surface area contributed by atoms with Crippen LogP contribution in [0.1, 0.15) is 32.1 Å². The van der Waals surface area contributed by atoms with Crippen molar-refractivity contribution in [1.29, 1.82) is 5.26 Å². The maximum absolute atomic E-state index is 16.0. The number of nitriles is 1. The fraction of sp³-hybridized carbons (Fsp3) is 0.394. The van der Waals surface area contributed by atoms with E-state index in [1.165, 1.54) is 12.1 Å². The van der Waals surface area contributed by atoms with Crippen molar-refractivity contribution in [2.75, 3.05) is 44.2 Å². The number of piperazine rings is 1. The van der Waals surface area contributed by atoms with Gasteiger partial charge in [0.15, 0.2) is 0 Å². The Bertz CT molecular complexity index is 1760. The second-order valence-corrected chi connectivity index (χ2v) is 12.7. The molecular weight excluding hydrogens is 563 g/mol. The maximum Gasteiger partial charge on any atom is 0.319 e. The number of amides is 1. The van der Waals surface area contributed by atoms with Crippen molar-refractivity contribution >= 4 is 44.1 Å². The van der Waals surface area contributed by atoms with E-state index in [1.807, 2.05) is 34.5 Å². The lowest BCUT2D eigenvalue weighted by Gasteiger charge is -2.41. The Morgan fingerprint density at radius 2 is 1.98 bits per heavy atom. The highest BCUT2D eigenvalue weighted by molar-refractivity contribution is 7.17. The molecule has 0 unspecified atom stereocenters. The Balaban J connectivity index is 1.31. The fourth-order valence-corrected chi connectivity index (χ4v) is 8.06. The number of rotatable bonds is 7. The largest absolute Gasteiger partial charge is 0.461 e. The lowest BCUT2D eigenvalue weighted by Crippen LogP contribution is -2.55. The zero-order chi connectivity index (χ0) is 29.6. The predicted octanol–water partition coefficient (Wildman–Crippen LogP) is 5.77. The maximum atomic E-state index is 16.0. The molecule has 0 aliphatic carbocycles. The van der Waals surface area contributed by atoms with Crippen LogP contribution in [-0.2, 0) is 4.79 Å². The van der Waals surface area contributed by atoms with Crippen LogP contribution in [0.2, 0.25) is 0 Å². The first-order valence-corrected chi connectivity index (χ1v) is 15.8. The van der Waals surface area contributed by atoms with Gasteiger partial charge in [-0.15, -0.1) is 11.3 Å². The quantitative estimate of drug-likeness (QED) is 0.250. The molecule has 1 atom stereocenters. The van der Waals surface area contributed by atoms with Crippen LogP contribution < -0.4 is 9.64 Å². The summed E-state index contributed by atoms with van der Waals surface area (Å²) in [6.45, 7) is 7.59. The highest BCUT2D eigenvalue weighted by Gasteiger charge is 2.45. The van der Waals surface area contributed by atoms with Crippen LogP contribution in [0, 0.1) is 17.1 Å². The summed E-state index contributed by atoms with van der Waals surface area (Å²) in [6.07, 6.45) is 5.98. The molecule has 2 aromatic heterocycles. The molecule has 0 spiro atoms. The molecule has 5 heterocycles. The number of aromatic nitrogens is 2. The third-order valence-corrected chi connectivity index (χ3v) is 10.3. The number of carbonyl (C=O) groups is 1. The highest BCUT2D eigenvalue weighted by atomic mass is 32.1. The van der Waals surface area contributed by atoms with Crippen molar-refractivity contribution in [3.05, 3.63) is 60.3 Å². The molecule has 3 saturated heterocycles. The number of anilines is 1. The van der Waals surface area contributed by atoms with Crippen LogP contribution in [0.3, 0.4) is 0 Å². The van der Waals surface area contributed by atoms with E-state index >= 15 is 4.39 Å². The molecule has 8 nitrogen and oxygen atoms in total. The summed E-state index contributed by atoms with van der Waals surface area (Å²) in [7, 11) is 0. The van der Waals surface area contributed by atoms with Gasteiger partial charge in [0, 0.05) is 40.7 Å². The number of ether oxygens (including phenoxy) is 1. The number of hydrogen-bond donors (Lipinski definition) is 0. The van der Waals surface area contributed by atoms with Crippen LogP contribution in [0.5, 0.6) is 6.01 Å². The average Bonchev–Trinajstić information content (AvgIpc) is 3.75. The number of carbonyl (C=O) groups excluding carboxylic acids is 1. The van der Waals surface area contributed by atoms with Gasteiger partial charge >= 0.3 is 6.01 Å². The van der Waals surface area contributed by atoms with Crippen molar-refractivity contribution in [1.82, 2.24) is 19.8 Å². The van der Waals surface area contributed by atoms with Crippen molar-refractivity contribution in [3.63, 3.8) is 0 Å². The summed E-state index contributed by atoms with van der Waals surface area (Å²) >= 11 is 1.63. The average molecular weight is 597 g/mol. The molecule has 2 aromatic carbocycles. The summed E-state index contributed by atoms with van der Waals surface area (Å²) < 4.78 is 23.5. The molecule has 10 heteroatoms. The molecule has 0 radical (unpaired) electrons. The van der Waals surface area contributed by atoms with Gasteiger partial charge in [0.05, 0.1) is 29.6 Å². The molecule has 0 saturated carbocycles. The molecule has 0 N–H and O–H groups in total. The van der Waals surface area contributed by atoms with Gasteiger partial charge in [-0.1, -0.05) is 18.7 Å². The number of halogens is 1. The highest BCUT2D eigenvalue weighted by Crippen LogP contribution is 2.40. The van der Waals surface area contributed by atoms with Crippen LogP contribution in [0.15, 0.2) is 54.4 Å². The molecule has 43 heavy (non-hydrogen) atoms. The minimum absolute atomic E-state index is 0.0234. The van der Waals surface area contributed by atoms with E-state index < -0.39 is 0 Å². The second-order valence-electron chi connectivity index (χ2n) is 11.7. The molecule has 4 aromatic rings. The van der Waals surface area contributed by atoms with Gasteiger partial charge in [-0.3, -0.25) is 9.69 Å². The molecule has 220 valence electrons. The van der Waals surface area contributed by atoms with Crippen molar-refractivity contribution in [2.24, 2.45) is 0 Å². The molecule has 3 fully saturated rings. The number of nitrogens with zero attached hydrogens (tertiary/aromatic N) is 6. The number of thiophene rings is 1. The topological polar surface area (TPSA) is 85.6 Å². The Kier molecular flexibility index (Phi) is 7.23. The molecule has 1 amide bonds. The zero-order valence-electron chi connectivity index (χ0n) is 24.0. The molecule has 7 rings (SSSR count). The lowest BCUT2D eigenvalue weighted by atomic mass is 9.95. The molecule has 3 aliphatic heterocycles. The third-order valence-electron chi connectivity index (χ3n) is 9.38. The summed E-state index contributed by atoms with van der Waals surface area (Å²) in [4.78, 5) is 28.5. The normalized spacial score (nSPS) is 20.0. The Labute approximate surface area is 254 Å². The van der Waals surface area contributed by atoms with Gasteiger partial charge < -0.3 is 14.5 Å². The van der Waals surface area contributed by atoms with Crippen molar-refractivity contribution in [2.45, 2.75) is 43.7 Å². The first-order valence-electron chi connectivity index (χ1n) is 14.9. The van der Waals surface area contributed by atoms with E-state index in [-0.39, 0.29) is 35.7 Å². The zero-order valence-corrected chi connectivity index (χ0v) is 24.8. The molecular formula is C33H33FN6O2S. The van der Waals surface area contributed by atoms with Gasteiger partial charge in [-0.05, 0) is 80.1 Å². The first kappa shape index (κ1) is 27.7. The SMILES string of the molecule is C=CC(=O)N1CCN(c2nc(OCC34CCCN3CCC4)nc3cc(-c4cccc5sccc45)c(F)cc23)C[C@@H]1CC#N. The third kappa shape index (κ3) is 4.90. The first-order chi connectivity index (χ1) is 21.0. The Hall–Kier alpha value is -4.07. The monoisotopic (exact) mass is 596 g/mol. The van der Waals surface area contributed by atoms with E-state index in [0.717, 1.165) is 54.4 Å². The fourth-order valence-electron chi connectivity index (χ4n) is 7.25. The standard InChI is InChI=1S/C33H33FN6O2S/c1-2-30(41)40-16-15-38(20-22(40)8-12-35)31-26-18-27(34)25(23-6-3-7-29-24(23)9-17-43-29)19-28(26)36-32(37-31)42-21-33-10-4-13-39(33)14-5-11-33/h2-3,6-7,9,17-19,22H,1,4-5,8,10-11,13-16,20-21H2/t22-/m0/s1. The van der Waals surface area contributed by atoms with E-state index in [1.54, 1.807) is 22.3 Å². The van der Waals surface area contributed by atoms with Gasteiger partial charge in [-0.25, -0.2) is 4.39 Å². The van der Waals surface area contributed by atoms with E-state index in [4.69, 9.17) is 14.7 Å². The minimum Gasteiger partial charge on any atom is -0.461 e. The summed E-state index contributed by atoms with van der Waals surface area (Å²) in [5.41, 5.74) is 1.91. The van der Waals surface area contributed by atoms with Gasteiger partial charge in [0.25, 0.3) is 0 Å². The summed E-state index contributed by atoms with van der Waals surface area (Å²) in [5, 5.41) is 13.1. The Morgan fingerprint density at radius 3 is 2.77 bits per heavy atom. The van der Waals surface area contributed by atoms with Crippen LogP contribution in [-0.4, -0.2) is 76.6 Å².